The van der Waals surface area contributed by atoms with Crippen LogP contribution in [-0.4, -0.2) is 37.6 Å². The molecule has 0 spiro atoms. The number of sulfonamides is 1. The third-order valence-corrected chi connectivity index (χ3v) is 6.02. The Morgan fingerprint density at radius 1 is 1.04 bits per heavy atom. The van der Waals surface area contributed by atoms with E-state index >= 15 is 0 Å². The smallest absolute Gasteiger partial charge is 0.255 e. The SMILES string of the molecule is CCN(CC)S(=O)(=O)c1cccc(C(=O)Nc2ccc(F)c(NC(C)=O)c2)c1. The predicted molar refractivity (Wildman–Crippen MR) is 105 cm³/mol. The second kappa shape index (κ2) is 8.94. The molecule has 0 fully saturated rings. The van der Waals surface area contributed by atoms with Gasteiger partial charge < -0.3 is 10.6 Å². The van der Waals surface area contributed by atoms with E-state index in [1.54, 1.807) is 13.8 Å². The van der Waals surface area contributed by atoms with Crippen LogP contribution < -0.4 is 10.6 Å². The summed E-state index contributed by atoms with van der Waals surface area (Å²) in [6.07, 6.45) is 0. The average Bonchev–Trinajstić information content (AvgIpc) is 2.65. The number of carbonyl (C=O) groups excluding carboxylic acids is 2. The zero-order valence-corrected chi connectivity index (χ0v) is 16.6. The van der Waals surface area contributed by atoms with Gasteiger partial charge >= 0.3 is 0 Å². The summed E-state index contributed by atoms with van der Waals surface area (Å²) in [4.78, 5) is 23.7. The van der Waals surface area contributed by atoms with E-state index in [4.69, 9.17) is 0 Å². The van der Waals surface area contributed by atoms with E-state index in [0.717, 1.165) is 6.07 Å². The average molecular weight is 407 g/mol. The highest BCUT2D eigenvalue weighted by atomic mass is 32.2. The molecule has 0 aromatic heterocycles. The molecular formula is C19H22FN3O4S. The summed E-state index contributed by atoms with van der Waals surface area (Å²) >= 11 is 0. The van der Waals surface area contributed by atoms with Crippen LogP contribution in [0, 0.1) is 5.82 Å². The molecule has 28 heavy (non-hydrogen) atoms. The fraction of sp³-hybridized carbons (Fsp3) is 0.263. The summed E-state index contributed by atoms with van der Waals surface area (Å²) in [7, 11) is -3.70. The monoisotopic (exact) mass is 407 g/mol. The first-order valence-electron chi connectivity index (χ1n) is 8.67. The molecule has 7 nitrogen and oxygen atoms in total. The standard InChI is InChI=1S/C19H22FN3O4S/c1-4-23(5-2)28(26,27)16-8-6-7-14(11-16)19(25)22-15-9-10-17(20)18(12-15)21-13(3)24/h6-12H,4-5H2,1-3H3,(H,21,24)(H,22,25). The van der Waals surface area contributed by atoms with Gasteiger partial charge in [-0.05, 0) is 36.4 Å². The van der Waals surface area contributed by atoms with Crippen molar-refractivity contribution in [1.29, 1.82) is 0 Å². The van der Waals surface area contributed by atoms with E-state index in [1.807, 2.05) is 0 Å². The molecule has 0 radical (unpaired) electrons. The van der Waals surface area contributed by atoms with Crippen LogP contribution in [0.1, 0.15) is 31.1 Å². The Balaban J connectivity index is 2.28. The van der Waals surface area contributed by atoms with Gasteiger partial charge in [0.25, 0.3) is 5.91 Å². The molecule has 9 heteroatoms. The number of carbonyl (C=O) groups is 2. The number of rotatable bonds is 7. The minimum absolute atomic E-state index is 0.0156. The molecule has 2 rings (SSSR count). The molecule has 2 aromatic carbocycles. The highest BCUT2D eigenvalue weighted by molar-refractivity contribution is 7.89. The Labute approximate surface area is 163 Å². The molecule has 0 aliphatic rings. The van der Waals surface area contributed by atoms with E-state index < -0.39 is 27.7 Å². The van der Waals surface area contributed by atoms with E-state index in [-0.39, 0.29) is 21.8 Å². The van der Waals surface area contributed by atoms with Crippen molar-refractivity contribution >= 4 is 33.2 Å². The van der Waals surface area contributed by atoms with E-state index in [1.165, 1.54) is 47.6 Å². The van der Waals surface area contributed by atoms with Crippen LogP contribution >= 0.6 is 0 Å². The summed E-state index contributed by atoms with van der Waals surface area (Å²) in [6.45, 7) is 5.34. The summed E-state index contributed by atoms with van der Waals surface area (Å²) in [5.74, 6) is -1.64. The number of halogens is 1. The normalized spacial score (nSPS) is 11.3. The van der Waals surface area contributed by atoms with Crippen LogP contribution in [0.4, 0.5) is 15.8 Å². The maximum Gasteiger partial charge on any atom is 0.255 e. The first-order valence-corrected chi connectivity index (χ1v) is 10.1. The number of amides is 2. The zero-order chi connectivity index (χ0) is 20.9. The van der Waals surface area contributed by atoms with Gasteiger partial charge in [-0.2, -0.15) is 4.31 Å². The highest BCUT2D eigenvalue weighted by Gasteiger charge is 2.22. The number of benzene rings is 2. The lowest BCUT2D eigenvalue weighted by Gasteiger charge is -2.18. The summed E-state index contributed by atoms with van der Waals surface area (Å²) in [6, 6.07) is 9.42. The van der Waals surface area contributed by atoms with Crippen molar-refractivity contribution in [2.45, 2.75) is 25.7 Å². The van der Waals surface area contributed by atoms with E-state index in [9.17, 15) is 22.4 Å². The van der Waals surface area contributed by atoms with Gasteiger partial charge in [-0.15, -0.1) is 0 Å². The van der Waals surface area contributed by atoms with Gasteiger partial charge in [0.1, 0.15) is 5.82 Å². The minimum atomic E-state index is -3.70. The molecule has 0 bridgehead atoms. The lowest BCUT2D eigenvalue weighted by Crippen LogP contribution is -2.30. The van der Waals surface area contributed by atoms with Crippen LogP contribution in [0.2, 0.25) is 0 Å². The topological polar surface area (TPSA) is 95.6 Å². The molecule has 2 amide bonds. The molecule has 0 heterocycles. The van der Waals surface area contributed by atoms with Crippen molar-refractivity contribution < 1.29 is 22.4 Å². The van der Waals surface area contributed by atoms with Gasteiger partial charge in [0, 0.05) is 31.3 Å². The van der Waals surface area contributed by atoms with Gasteiger partial charge in [-0.3, -0.25) is 9.59 Å². The van der Waals surface area contributed by atoms with Gasteiger partial charge in [-0.1, -0.05) is 19.9 Å². The molecule has 0 aliphatic carbocycles. The first-order chi connectivity index (χ1) is 13.2. The molecule has 2 N–H and O–H groups in total. The Kier molecular flexibility index (Phi) is 6.87. The molecule has 0 atom stereocenters. The van der Waals surface area contributed by atoms with Crippen LogP contribution in [-0.2, 0) is 14.8 Å². The van der Waals surface area contributed by atoms with E-state index in [2.05, 4.69) is 10.6 Å². The lowest BCUT2D eigenvalue weighted by atomic mass is 10.2. The Bertz CT molecular complexity index is 988. The number of hydrogen-bond donors (Lipinski definition) is 2. The second-order valence-electron chi connectivity index (χ2n) is 5.95. The Morgan fingerprint density at radius 2 is 1.71 bits per heavy atom. The maximum atomic E-state index is 13.7. The van der Waals surface area contributed by atoms with Crippen LogP contribution in [0.15, 0.2) is 47.4 Å². The summed E-state index contributed by atoms with van der Waals surface area (Å²) in [5, 5.41) is 4.90. The van der Waals surface area contributed by atoms with Crippen molar-refractivity contribution in [1.82, 2.24) is 4.31 Å². The van der Waals surface area contributed by atoms with Crippen molar-refractivity contribution in [2.24, 2.45) is 0 Å². The summed E-state index contributed by atoms with van der Waals surface area (Å²) in [5.41, 5.74) is 0.328. The molecule has 0 saturated carbocycles. The van der Waals surface area contributed by atoms with Gasteiger partial charge in [0.15, 0.2) is 0 Å². The fourth-order valence-corrected chi connectivity index (χ4v) is 4.11. The van der Waals surface area contributed by atoms with Gasteiger partial charge in [0.05, 0.1) is 10.6 Å². The predicted octanol–water partition coefficient (Wildman–Crippen LogP) is 3.07. The van der Waals surface area contributed by atoms with Crippen molar-refractivity contribution in [3.8, 4) is 0 Å². The molecule has 2 aromatic rings. The number of nitrogens with zero attached hydrogens (tertiary/aromatic N) is 1. The number of hydrogen-bond acceptors (Lipinski definition) is 4. The second-order valence-corrected chi connectivity index (χ2v) is 7.89. The van der Waals surface area contributed by atoms with Crippen LogP contribution in [0.25, 0.3) is 0 Å². The fourth-order valence-electron chi connectivity index (χ4n) is 2.60. The maximum absolute atomic E-state index is 13.7. The third kappa shape index (κ3) is 4.93. The van der Waals surface area contributed by atoms with Gasteiger partial charge in [0.2, 0.25) is 15.9 Å². The highest BCUT2D eigenvalue weighted by Crippen LogP contribution is 2.21. The minimum Gasteiger partial charge on any atom is -0.324 e. The lowest BCUT2D eigenvalue weighted by molar-refractivity contribution is -0.114. The molecular weight excluding hydrogens is 385 g/mol. The largest absolute Gasteiger partial charge is 0.324 e. The molecule has 0 saturated heterocycles. The Morgan fingerprint density at radius 3 is 2.32 bits per heavy atom. The van der Waals surface area contributed by atoms with Crippen molar-refractivity contribution in [2.75, 3.05) is 23.7 Å². The number of nitrogens with one attached hydrogen (secondary N) is 2. The van der Waals surface area contributed by atoms with Crippen molar-refractivity contribution in [3.05, 3.63) is 53.8 Å². The van der Waals surface area contributed by atoms with Gasteiger partial charge in [-0.25, -0.2) is 12.8 Å². The summed E-state index contributed by atoms with van der Waals surface area (Å²) < 4.78 is 40.3. The Hall–Kier alpha value is -2.78. The molecule has 0 unspecified atom stereocenters. The van der Waals surface area contributed by atoms with Crippen LogP contribution in [0.3, 0.4) is 0 Å². The van der Waals surface area contributed by atoms with Crippen LogP contribution in [0.5, 0.6) is 0 Å². The zero-order valence-electron chi connectivity index (χ0n) is 15.8. The molecule has 0 aliphatic heterocycles. The molecule has 150 valence electrons. The number of anilines is 2. The quantitative estimate of drug-likeness (QED) is 0.737. The third-order valence-electron chi connectivity index (χ3n) is 3.97. The first kappa shape index (κ1) is 21.5. The van der Waals surface area contributed by atoms with E-state index in [0.29, 0.717) is 13.1 Å². The van der Waals surface area contributed by atoms with Crippen molar-refractivity contribution in [3.63, 3.8) is 0 Å².